The van der Waals surface area contributed by atoms with Gasteiger partial charge in [-0.1, -0.05) is 30.3 Å². The molecule has 1 aliphatic carbocycles. The number of hydrogen-bond acceptors (Lipinski definition) is 4. The number of aromatic nitrogens is 1. The van der Waals surface area contributed by atoms with E-state index in [1.54, 1.807) is 0 Å². The van der Waals surface area contributed by atoms with Crippen LogP contribution >= 0.6 is 0 Å². The number of aliphatic hydroxyl groups excluding tert-OH is 1. The van der Waals surface area contributed by atoms with Gasteiger partial charge < -0.3 is 10.0 Å². The molecule has 25 heavy (non-hydrogen) atoms. The summed E-state index contributed by atoms with van der Waals surface area (Å²) in [7, 11) is 2.06. The summed E-state index contributed by atoms with van der Waals surface area (Å²) in [6.07, 6.45) is 3.23. The molecule has 1 unspecified atom stereocenters. The van der Waals surface area contributed by atoms with Crippen LogP contribution in [0, 0.1) is 6.92 Å². The molecule has 0 saturated carbocycles. The number of likely N-dealkylation sites (N-methyl/N-ethyl adjacent to an activating group) is 1. The smallest absolute Gasteiger partial charge is 0.133 e. The van der Waals surface area contributed by atoms with Crippen LogP contribution in [0.4, 0.5) is 5.82 Å². The highest BCUT2D eigenvalue weighted by Crippen LogP contribution is 2.30. The first-order valence-electron chi connectivity index (χ1n) is 9.26. The van der Waals surface area contributed by atoms with Gasteiger partial charge in [0.2, 0.25) is 0 Å². The van der Waals surface area contributed by atoms with Crippen LogP contribution in [0.2, 0.25) is 0 Å². The number of rotatable bonds is 2. The van der Waals surface area contributed by atoms with Crippen LogP contribution in [0.3, 0.4) is 0 Å². The first kappa shape index (κ1) is 16.6. The van der Waals surface area contributed by atoms with E-state index in [1.807, 2.05) is 6.92 Å². The lowest BCUT2D eigenvalue weighted by Gasteiger charge is -2.37. The topological polar surface area (TPSA) is 39.6 Å². The molecule has 0 amide bonds. The largest absolute Gasteiger partial charge is 0.394 e. The Labute approximate surface area is 150 Å². The second-order valence-electron chi connectivity index (χ2n) is 7.47. The van der Waals surface area contributed by atoms with Crippen molar-refractivity contribution in [2.24, 2.45) is 0 Å². The average Bonchev–Trinajstić information content (AvgIpc) is 3.04. The lowest BCUT2D eigenvalue weighted by molar-refractivity contribution is 0.167. The van der Waals surface area contributed by atoms with Gasteiger partial charge in [-0.15, -0.1) is 0 Å². The van der Waals surface area contributed by atoms with Gasteiger partial charge in [0.15, 0.2) is 0 Å². The lowest BCUT2D eigenvalue weighted by atomic mass is 10.0. The zero-order chi connectivity index (χ0) is 17.4. The third-order valence-electron chi connectivity index (χ3n) is 5.86. The molecule has 4 rings (SSSR count). The van der Waals surface area contributed by atoms with Crippen molar-refractivity contribution in [1.29, 1.82) is 0 Å². The minimum Gasteiger partial charge on any atom is -0.394 e. The molecule has 4 nitrogen and oxygen atoms in total. The number of fused-ring (bicyclic) bond motifs is 2. The Balaban J connectivity index is 1.63. The maximum atomic E-state index is 9.88. The van der Waals surface area contributed by atoms with Crippen LogP contribution in [0.1, 0.15) is 28.8 Å². The summed E-state index contributed by atoms with van der Waals surface area (Å²) in [4.78, 5) is 9.56. The third-order valence-corrected chi connectivity index (χ3v) is 5.86. The molecule has 1 aromatic heterocycles. The van der Waals surface area contributed by atoms with Crippen LogP contribution in [0.15, 0.2) is 36.4 Å². The lowest BCUT2D eigenvalue weighted by Crippen LogP contribution is -2.45. The van der Waals surface area contributed by atoms with E-state index in [4.69, 9.17) is 4.98 Å². The van der Waals surface area contributed by atoms with E-state index in [9.17, 15) is 5.11 Å². The molecule has 1 aliphatic heterocycles. The molecule has 0 radical (unpaired) electrons. The number of nitrogens with zero attached hydrogens (tertiary/aromatic N) is 3. The van der Waals surface area contributed by atoms with Crippen molar-refractivity contribution in [2.45, 2.75) is 44.8 Å². The van der Waals surface area contributed by atoms with Gasteiger partial charge >= 0.3 is 0 Å². The normalized spacial score (nSPS) is 21.6. The minimum atomic E-state index is 0.125. The summed E-state index contributed by atoms with van der Waals surface area (Å²) in [5, 5.41) is 9.88. The van der Waals surface area contributed by atoms with Crippen molar-refractivity contribution in [3.8, 4) is 0 Å². The summed E-state index contributed by atoms with van der Waals surface area (Å²) >= 11 is 0. The van der Waals surface area contributed by atoms with Crippen LogP contribution in [-0.4, -0.2) is 47.3 Å². The molecule has 1 N–H and O–H groups in total. The van der Waals surface area contributed by atoms with Crippen LogP contribution in [0.25, 0.3) is 0 Å². The molecule has 0 bridgehead atoms. The molecule has 2 heterocycles. The second-order valence-corrected chi connectivity index (χ2v) is 7.47. The maximum Gasteiger partial charge on any atom is 0.133 e. The SMILES string of the molecule is Cc1ccc2c(n1)N(C)C(CO)CCN(C1Cc3ccccc3C1)C2. The molecule has 1 aromatic carbocycles. The first-order valence-corrected chi connectivity index (χ1v) is 9.26. The summed E-state index contributed by atoms with van der Waals surface area (Å²) in [5.41, 5.74) is 5.28. The summed E-state index contributed by atoms with van der Waals surface area (Å²) in [6.45, 7) is 4.15. The standard InChI is InChI=1S/C21H27N3O/c1-15-7-8-18-13-24(10-9-19(14-25)23(2)21(18)22-15)20-11-16-5-3-4-6-17(16)12-20/h3-8,19-20,25H,9-14H2,1-2H3. The zero-order valence-corrected chi connectivity index (χ0v) is 15.2. The Morgan fingerprint density at radius 1 is 1.08 bits per heavy atom. The van der Waals surface area contributed by atoms with Gasteiger partial charge in [0.05, 0.1) is 12.6 Å². The van der Waals surface area contributed by atoms with Crippen LogP contribution in [0.5, 0.6) is 0 Å². The summed E-state index contributed by atoms with van der Waals surface area (Å²) < 4.78 is 0. The molecule has 0 spiro atoms. The third kappa shape index (κ3) is 3.16. The Hall–Kier alpha value is -1.91. The van der Waals surface area contributed by atoms with E-state index < -0.39 is 0 Å². The van der Waals surface area contributed by atoms with E-state index in [0.717, 1.165) is 43.9 Å². The molecule has 2 aliphatic rings. The molecule has 0 fully saturated rings. The molecular formula is C21H27N3O. The predicted octanol–water partition coefficient (Wildman–Crippen LogP) is 2.56. The second kappa shape index (κ2) is 6.77. The van der Waals surface area contributed by atoms with Crippen LogP contribution < -0.4 is 4.90 Å². The fourth-order valence-corrected chi connectivity index (χ4v) is 4.30. The molecule has 132 valence electrons. The van der Waals surface area contributed by atoms with Gasteiger partial charge in [-0.2, -0.15) is 0 Å². The fraction of sp³-hybridized carbons (Fsp3) is 0.476. The maximum absolute atomic E-state index is 9.88. The van der Waals surface area contributed by atoms with Crippen molar-refractivity contribution in [2.75, 3.05) is 25.1 Å². The van der Waals surface area contributed by atoms with E-state index in [0.29, 0.717) is 6.04 Å². The zero-order valence-electron chi connectivity index (χ0n) is 15.2. The Morgan fingerprint density at radius 2 is 1.80 bits per heavy atom. The van der Waals surface area contributed by atoms with Crippen molar-refractivity contribution in [3.63, 3.8) is 0 Å². The fourth-order valence-electron chi connectivity index (χ4n) is 4.30. The summed E-state index contributed by atoms with van der Waals surface area (Å²) in [5.74, 6) is 1.03. The number of hydrogen-bond donors (Lipinski definition) is 1. The van der Waals surface area contributed by atoms with Gasteiger partial charge in [0.25, 0.3) is 0 Å². The number of benzene rings is 1. The summed E-state index contributed by atoms with van der Waals surface area (Å²) in [6, 6.07) is 13.8. The highest BCUT2D eigenvalue weighted by atomic mass is 16.3. The van der Waals surface area contributed by atoms with Gasteiger partial charge in [-0.05, 0) is 43.4 Å². The van der Waals surface area contributed by atoms with Gasteiger partial charge in [-0.25, -0.2) is 4.98 Å². The molecule has 4 heteroatoms. The number of pyridine rings is 1. The minimum absolute atomic E-state index is 0.125. The number of aliphatic hydroxyl groups is 1. The van der Waals surface area contributed by atoms with Crippen molar-refractivity contribution in [1.82, 2.24) is 9.88 Å². The monoisotopic (exact) mass is 337 g/mol. The van der Waals surface area contributed by atoms with E-state index in [-0.39, 0.29) is 12.6 Å². The highest BCUT2D eigenvalue weighted by Gasteiger charge is 2.30. The van der Waals surface area contributed by atoms with Crippen molar-refractivity contribution in [3.05, 3.63) is 58.8 Å². The number of anilines is 1. The molecule has 2 aromatic rings. The van der Waals surface area contributed by atoms with Gasteiger partial charge in [0, 0.05) is 37.4 Å². The number of aryl methyl sites for hydroxylation is 1. The van der Waals surface area contributed by atoms with E-state index in [1.165, 1.54) is 16.7 Å². The van der Waals surface area contributed by atoms with Gasteiger partial charge in [-0.3, -0.25) is 4.90 Å². The van der Waals surface area contributed by atoms with E-state index >= 15 is 0 Å². The molecular weight excluding hydrogens is 310 g/mol. The highest BCUT2D eigenvalue weighted by molar-refractivity contribution is 5.48. The Morgan fingerprint density at radius 3 is 2.48 bits per heavy atom. The van der Waals surface area contributed by atoms with Crippen molar-refractivity contribution >= 4 is 5.82 Å². The molecule has 1 atom stereocenters. The Bertz CT molecular complexity index is 736. The van der Waals surface area contributed by atoms with Crippen LogP contribution in [-0.2, 0) is 19.4 Å². The quantitative estimate of drug-likeness (QED) is 0.914. The Kier molecular flexibility index (Phi) is 4.48. The average molecular weight is 337 g/mol. The van der Waals surface area contributed by atoms with Gasteiger partial charge in [0.1, 0.15) is 5.82 Å². The van der Waals surface area contributed by atoms with Crippen molar-refractivity contribution < 1.29 is 5.11 Å². The predicted molar refractivity (Wildman–Crippen MR) is 101 cm³/mol. The first-order chi connectivity index (χ1) is 12.2. The van der Waals surface area contributed by atoms with E-state index in [2.05, 4.69) is 53.2 Å². The molecule has 0 saturated heterocycles.